The first-order valence-corrected chi connectivity index (χ1v) is 14.3. The third kappa shape index (κ3) is 4.98. The number of aryl methyl sites for hydroxylation is 1. The molecule has 42 heavy (non-hydrogen) atoms. The van der Waals surface area contributed by atoms with Gasteiger partial charge in [-0.2, -0.15) is 0 Å². The molecule has 0 bridgehead atoms. The van der Waals surface area contributed by atoms with Gasteiger partial charge >= 0.3 is 0 Å². The second kappa shape index (κ2) is 10.5. The van der Waals surface area contributed by atoms with Crippen molar-refractivity contribution in [3.63, 3.8) is 0 Å². The Morgan fingerprint density at radius 1 is 1.00 bits per heavy atom. The molecule has 0 saturated heterocycles. The Labute approximate surface area is 246 Å². The molecule has 3 heterocycles. The zero-order valence-electron chi connectivity index (χ0n) is 25.3. The molecule has 7 nitrogen and oxygen atoms in total. The van der Waals surface area contributed by atoms with Gasteiger partial charge in [-0.25, -0.2) is 9.97 Å². The largest absolute Gasteiger partial charge is 0.493 e. The Bertz CT molecular complexity index is 1830. The average Bonchev–Trinajstić information content (AvgIpc) is 2.95. The van der Waals surface area contributed by atoms with Gasteiger partial charge < -0.3 is 14.4 Å². The molecule has 1 atom stereocenters. The van der Waals surface area contributed by atoms with Crippen molar-refractivity contribution in [1.82, 2.24) is 15.0 Å². The standard InChI is InChI=1S/C35H36N4O3/c1-20-16-24-17-23(25-18-37-34(38-19-25)39(6)7)8-9-26(24)31(29(20)33(21(2)40)42-35(3,4)5)27-10-11-28-30-22(13-15-41-28)12-14-36-32(27)30/h8-12,14,16-19,33H,13,15H2,1-7H3/t33-/m1/s1. The van der Waals surface area contributed by atoms with Crippen molar-refractivity contribution in [2.24, 2.45) is 0 Å². The summed E-state index contributed by atoms with van der Waals surface area (Å²) in [5.41, 5.74) is 7.29. The van der Waals surface area contributed by atoms with E-state index in [4.69, 9.17) is 14.5 Å². The van der Waals surface area contributed by atoms with E-state index in [1.807, 2.05) is 64.4 Å². The van der Waals surface area contributed by atoms with Gasteiger partial charge in [0.15, 0.2) is 5.78 Å². The van der Waals surface area contributed by atoms with E-state index in [0.717, 1.165) is 67.2 Å². The summed E-state index contributed by atoms with van der Waals surface area (Å²) in [6.45, 7) is 10.3. The van der Waals surface area contributed by atoms with Crippen molar-refractivity contribution < 1.29 is 14.3 Å². The fourth-order valence-corrected chi connectivity index (χ4v) is 5.87. The first-order chi connectivity index (χ1) is 20.0. The first kappa shape index (κ1) is 27.8. The van der Waals surface area contributed by atoms with E-state index in [2.05, 4.69) is 53.3 Å². The van der Waals surface area contributed by atoms with E-state index in [0.29, 0.717) is 12.6 Å². The average molecular weight is 561 g/mol. The number of pyridine rings is 1. The van der Waals surface area contributed by atoms with Crippen LogP contribution in [0.15, 0.2) is 61.1 Å². The van der Waals surface area contributed by atoms with Crippen LogP contribution in [0.1, 0.15) is 50.5 Å². The van der Waals surface area contributed by atoms with Crippen LogP contribution in [0.4, 0.5) is 5.95 Å². The molecule has 0 unspecified atom stereocenters. The number of hydrogen-bond donors (Lipinski definition) is 0. The maximum Gasteiger partial charge on any atom is 0.224 e. The summed E-state index contributed by atoms with van der Waals surface area (Å²) >= 11 is 0. The molecule has 3 aromatic carbocycles. The molecule has 0 N–H and O–H groups in total. The minimum atomic E-state index is -0.738. The Morgan fingerprint density at radius 2 is 1.76 bits per heavy atom. The van der Waals surface area contributed by atoms with Crippen LogP contribution in [-0.2, 0) is 16.0 Å². The quantitative estimate of drug-likeness (QED) is 0.216. The number of carbonyl (C=O) groups is 1. The van der Waals surface area contributed by atoms with Crippen molar-refractivity contribution in [3.05, 3.63) is 77.7 Å². The molecule has 1 aliphatic heterocycles. The van der Waals surface area contributed by atoms with Crippen LogP contribution in [0.25, 0.3) is 43.9 Å². The van der Waals surface area contributed by atoms with E-state index in [1.54, 1.807) is 6.92 Å². The lowest BCUT2D eigenvalue weighted by atomic mass is 9.84. The number of rotatable bonds is 6. The highest BCUT2D eigenvalue weighted by atomic mass is 16.5. The Morgan fingerprint density at radius 3 is 2.45 bits per heavy atom. The summed E-state index contributed by atoms with van der Waals surface area (Å²) in [4.78, 5) is 29.0. The lowest BCUT2D eigenvalue weighted by Gasteiger charge is -2.30. The number of fused-ring (bicyclic) bond motifs is 1. The monoisotopic (exact) mass is 560 g/mol. The summed E-state index contributed by atoms with van der Waals surface area (Å²) in [5, 5.41) is 3.11. The van der Waals surface area contributed by atoms with Gasteiger partial charge in [0.2, 0.25) is 5.95 Å². The molecule has 214 valence electrons. The molecule has 0 radical (unpaired) electrons. The Kier molecular flexibility index (Phi) is 6.93. The smallest absolute Gasteiger partial charge is 0.224 e. The van der Waals surface area contributed by atoms with Crippen molar-refractivity contribution in [3.8, 4) is 28.0 Å². The Hall–Kier alpha value is -4.36. The third-order valence-corrected chi connectivity index (χ3v) is 7.70. The van der Waals surface area contributed by atoms with Gasteiger partial charge in [0.05, 0.1) is 17.7 Å². The highest BCUT2D eigenvalue weighted by molar-refractivity contribution is 6.09. The van der Waals surface area contributed by atoms with E-state index in [-0.39, 0.29) is 5.78 Å². The second-order valence-corrected chi connectivity index (χ2v) is 12.2. The molecular weight excluding hydrogens is 524 g/mol. The maximum atomic E-state index is 13.3. The normalized spacial score (nSPS) is 13.7. The number of ether oxygens (including phenoxy) is 2. The van der Waals surface area contributed by atoms with E-state index in [9.17, 15) is 4.79 Å². The van der Waals surface area contributed by atoms with Gasteiger partial charge in [-0.3, -0.25) is 9.78 Å². The lowest BCUT2D eigenvalue weighted by molar-refractivity contribution is -0.138. The summed E-state index contributed by atoms with van der Waals surface area (Å²) in [6.07, 6.45) is 5.67. The Balaban J connectivity index is 1.65. The molecular formula is C35H36N4O3. The molecule has 6 rings (SSSR count). The second-order valence-electron chi connectivity index (χ2n) is 12.2. The number of aromatic nitrogens is 3. The van der Waals surface area contributed by atoms with Crippen LogP contribution >= 0.6 is 0 Å². The fourth-order valence-electron chi connectivity index (χ4n) is 5.87. The molecule has 1 aliphatic rings. The summed E-state index contributed by atoms with van der Waals surface area (Å²) in [7, 11) is 3.85. The molecule has 0 aliphatic carbocycles. The number of hydrogen-bond acceptors (Lipinski definition) is 7. The van der Waals surface area contributed by atoms with Crippen LogP contribution in [-0.4, -0.2) is 47.0 Å². The van der Waals surface area contributed by atoms with Gasteiger partial charge in [-0.15, -0.1) is 0 Å². The van der Waals surface area contributed by atoms with Crippen LogP contribution in [0.2, 0.25) is 0 Å². The van der Waals surface area contributed by atoms with E-state index in [1.165, 1.54) is 5.56 Å². The molecule has 0 fully saturated rings. The van der Waals surface area contributed by atoms with Crippen LogP contribution in [0, 0.1) is 6.92 Å². The topological polar surface area (TPSA) is 77.4 Å². The lowest BCUT2D eigenvalue weighted by Crippen LogP contribution is -2.27. The van der Waals surface area contributed by atoms with Crippen molar-refractivity contribution >= 4 is 33.4 Å². The minimum Gasteiger partial charge on any atom is -0.493 e. The van der Waals surface area contributed by atoms with Crippen LogP contribution < -0.4 is 9.64 Å². The molecule has 2 aromatic heterocycles. The number of ketones is 1. The number of Topliss-reactive ketones (excluding diaryl/α,β-unsaturated/α-hetero) is 1. The van der Waals surface area contributed by atoms with Gasteiger partial charge in [0, 0.05) is 55.6 Å². The predicted molar refractivity (Wildman–Crippen MR) is 168 cm³/mol. The molecule has 5 aromatic rings. The van der Waals surface area contributed by atoms with Crippen LogP contribution in [0.5, 0.6) is 5.75 Å². The van der Waals surface area contributed by atoms with Crippen molar-refractivity contribution in [2.75, 3.05) is 25.6 Å². The fraction of sp³-hybridized carbons (Fsp3) is 0.314. The maximum absolute atomic E-state index is 13.3. The van der Waals surface area contributed by atoms with E-state index < -0.39 is 11.7 Å². The molecule has 0 saturated carbocycles. The highest BCUT2D eigenvalue weighted by Crippen LogP contribution is 2.45. The third-order valence-electron chi connectivity index (χ3n) is 7.70. The van der Waals surface area contributed by atoms with E-state index >= 15 is 0 Å². The highest BCUT2D eigenvalue weighted by Gasteiger charge is 2.31. The first-order valence-electron chi connectivity index (χ1n) is 14.3. The van der Waals surface area contributed by atoms with Gasteiger partial charge in [0.25, 0.3) is 0 Å². The van der Waals surface area contributed by atoms with Gasteiger partial charge in [-0.05, 0) is 97.5 Å². The van der Waals surface area contributed by atoms with Gasteiger partial charge in [-0.1, -0.05) is 18.2 Å². The predicted octanol–water partition coefficient (Wildman–Crippen LogP) is 7.27. The summed E-state index contributed by atoms with van der Waals surface area (Å²) < 4.78 is 12.5. The summed E-state index contributed by atoms with van der Waals surface area (Å²) in [5.74, 6) is 1.47. The number of anilines is 1. The van der Waals surface area contributed by atoms with Gasteiger partial charge in [0.1, 0.15) is 11.9 Å². The molecule has 0 spiro atoms. The number of carbonyl (C=O) groups excluding carboxylic acids is 1. The minimum absolute atomic E-state index is 0.0394. The van der Waals surface area contributed by atoms with Crippen molar-refractivity contribution in [2.45, 2.75) is 52.7 Å². The van der Waals surface area contributed by atoms with Crippen LogP contribution in [0.3, 0.4) is 0 Å². The molecule has 0 amide bonds. The SMILES string of the molecule is CC(=O)[C@@H](OC(C)(C)C)c1c(C)cc2cc(-c3cnc(N(C)C)nc3)ccc2c1-c1ccc2c3c(ccnc13)CCO2. The zero-order valence-corrected chi connectivity index (χ0v) is 25.3. The number of nitrogens with zero attached hydrogens (tertiary/aromatic N) is 4. The number of benzene rings is 3. The van der Waals surface area contributed by atoms with Crippen molar-refractivity contribution in [1.29, 1.82) is 0 Å². The zero-order chi connectivity index (χ0) is 29.8. The summed E-state index contributed by atoms with van der Waals surface area (Å²) in [6, 6.07) is 14.7. The molecule has 7 heteroatoms.